The zero-order chi connectivity index (χ0) is 13.1. The van der Waals surface area contributed by atoms with Gasteiger partial charge in [0.15, 0.2) is 5.76 Å². The van der Waals surface area contributed by atoms with Gasteiger partial charge in [0.1, 0.15) is 5.76 Å². The average molecular weight is 251 g/mol. The van der Waals surface area contributed by atoms with Gasteiger partial charge in [-0.2, -0.15) is 0 Å². The summed E-state index contributed by atoms with van der Waals surface area (Å²) in [5.74, 6) is 1.52. The number of carbonyl (C=O) groups is 1. The normalized spacial score (nSPS) is 20.3. The van der Waals surface area contributed by atoms with Gasteiger partial charge in [0.05, 0.1) is 6.54 Å². The molecule has 1 unspecified atom stereocenters. The predicted octanol–water partition coefficient (Wildman–Crippen LogP) is 0.762. The fraction of sp³-hybridized carbons (Fsp3) is 0.615. The van der Waals surface area contributed by atoms with E-state index in [1.165, 1.54) is 0 Å². The minimum atomic E-state index is -0.0655. The standard InChI is InChI=1S/C13H21N3O2/c1-15-6-5-10(8-15)9-16(2)13(17)12-4-3-11(7-14)18-12/h3-4,10H,5-9,14H2,1-2H3. The Morgan fingerprint density at radius 3 is 2.94 bits per heavy atom. The molecule has 0 spiro atoms. The van der Waals surface area contributed by atoms with Crippen LogP contribution < -0.4 is 5.73 Å². The van der Waals surface area contributed by atoms with E-state index in [2.05, 4.69) is 11.9 Å². The van der Waals surface area contributed by atoms with Gasteiger partial charge in [0, 0.05) is 20.1 Å². The van der Waals surface area contributed by atoms with Crippen LogP contribution in [0.1, 0.15) is 22.7 Å². The van der Waals surface area contributed by atoms with Crippen LogP contribution in [0.2, 0.25) is 0 Å². The molecule has 5 heteroatoms. The lowest BCUT2D eigenvalue weighted by Crippen LogP contribution is -2.32. The largest absolute Gasteiger partial charge is 0.455 e. The van der Waals surface area contributed by atoms with E-state index in [4.69, 9.17) is 10.2 Å². The first-order valence-corrected chi connectivity index (χ1v) is 6.33. The van der Waals surface area contributed by atoms with E-state index >= 15 is 0 Å². The van der Waals surface area contributed by atoms with Crippen molar-refractivity contribution in [3.8, 4) is 0 Å². The number of hydrogen-bond acceptors (Lipinski definition) is 4. The van der Waals surface area contributed by atoms with Gasteiger partial charge < -0.3 is 20.0 Å². The monoisotopic (exact) mass is 251 g/mol. The number of amides is 1. The Bertz CT molecular complexity index is 416. The first kappa shape index (κ1) is 13.1. The molecular weight excluding hydrogens is 230 g/mol. The molecule has 0 radical (unpaired) electrons. The SMILES string of the molecule is CN1CCC(CN(C)C(=O)c2ccc(CN)o2)C1. The van der Waals surface area contributed by atoms with Crippen LogP contribution in [0.15, 0.2) is 16.5 Å². The van der Waals surface area contributed by atoms with Crippen LogP contribution in [0.3, 0.4) is 0 Å². The summed E-state index contributed by atoms with van der Waals surface area (Å²) in [5.41, 5.74) is 5.46. The molecule has 1 saturated heterocycles. The molecular formula is C13H21N3O2. The molecule has 1 amide bonds. The summed E-state index contributed by atoms with van der Waals surface area (Å²) in [4.78, 5) is 16.2. The second-order valence-corrected chi connectivity index (χ2v) is 5.07. The summed E-state index contributed by atoms with van der Waals surface area (Å²) in [6.45, 7) is 3.28. The molecule has 2 N–H and O–H groups in total. The van der Waals surface area contributed by atoms with Crippen LogP contribution in [0.5, 0.6) is 0 Å². The van der Waals surface area contributed by atoms with E-state index in [9.17, 15) is 4.79 Å². The summed E-state index contributed by atoms with van der Waals surface area (Å²) in [5, 5.41) is 0. The molecule has 1 atom stereocenters. The lowest BCUT2D eigenvalue weighted by Gasteiger charge is -2.20. The van der Waals surface area contributed by atoms with E-state index < -0.39 is 0 Å². The third-order valence-corrected chi connectivity index (χ3v) is 3.44. The number of nitrogens with zero attached hydrogens (tertiary/aromatic N) is 2. The van der Waals surface area contributed by atoms with E-state index in [0.29, 0.717) is 24.0 Å². The number of carbonyl (C=O) groups excluding carboxylic acids is 1. The van der Waals surface area contributed by atoms with Crippen molar-refractivity contribution < 1.29 is 9.21 Å². The van der Waals surface area contributed by atoms with Gasteiger partial charge in [-0.3, -0.25) is 4.79 Å². The summed E-state index contributed by atoms with van der Waals surface area (Å²) in [6.07, 6.45) is 1.15. The third-order valence-electron chi connectivity index (χ3n) is 3.44. The second kappa shape index (κ2) is 5.54. The molecule has 0 aliphatic carbocycles. The molecule has 0 bridgehead atoms. The topological polar surface area (TPSA) is 62.7 Å². The molecule has 1 aliphatic heterocycles. The van der Waals surface area contributed by atoms with E-state index in [0.717, 1.165) is 26.1 Å². The highest BCUT2D eigenvalue weighted by Crippen LogP contribution is 2.17. The Labute approximate surface area is 108 Å². The summed E-state index contributed by atoms with van der Waals surface area (Å²) in [6, 6.07) is 3.45. The van der Waals surface area contributed by atoms with Gasteiger partial charge in [-0.15, -0.1) is 0 Å². The zero-order valence-corrected chi connectivity index (χ0v) is 11.1. The second-order valence-electron chi connectivity index (χ2n) is 5.07. The van der Waals surface area contributed by atoms with Gasteiger partial charge in [0.2, 0.25) is 0 Å². The van der Waals surface area contributed by atoms with Crippen LogP contribution in [0.4, 0.5) is 0 Å². The predicted molar refractivity (Wildman–Crippen MR) is 69.2 cm³/mol. The van der Waals surface area contributed by atoms with Crippen molar-refractivity contribution in [2.75, 3.05) is 33.7 Å². The summed E-state index contributed by atoms with van der Waals surface area (Å²) < 4.78 is 5.37. The van der Waals surface area contributed by atoms with Gasteiger partial charge in [0.25, 0.3) is 5.91 Å². The molecule has 18 heavy (non-hydrogen) atoms. The van der Waals surface area contributed by atoms with Crippen LogP contribution in [-0.2, 0) is 6.54 Å². The Kier molecular flexibility index (Phi) is 4.04. The molecule has 2 rings (SSSR count). The highest BCUT2D eigenvalue weighted by atomic mass is 16.4. The highest BCUT2D eigenvalue weighted by molar-refractivity contribution is 5.91. The number of nitrogens with two attached hydrogens (primary N) is 1. The minimum Gasteiger partial charge on any atom is -0.455 e. The van der Waals surface area contributed by atoms with Crippen molar-refractivity contribution in [3.63, 3.8) is 0 Å². The summed E-state index contributed by atoms with van der Waals surface area (Å²) in [7, 11) is 3.94. The maximum atomic E-state index is 12.1. The van der Waals surface area contributed by atoms with Crippen molar-refractivity contribution in [1.82, 2.24) is 9.80 Å². The van der Waals surface area contributed by atoms with Crippen LogP contribution >= 0.6 is 0 Å². The van der Waals surface area contributed by atoms with Crippen molar-refractivity contribution in [3.05, 3.63) is 23.7 Å². The number of likely N-dealkylation sites (tertiary alicyclic amines) is 1. The Morgan fingerprint density at radius 2 is 2.39 bits per heavy atom. The molecule has 100 valence electrons. The van der Waals surface area contributed by atoms with Crippen molar-refractivity contribution in [2.24, 2.45) is 11.7 Å². The molecule has 5 nitrogen and oxygen atoms in total. The lowest BCUT2D eigenvalue weighted by atomic mass is 10.1. The molecule has 0 aromatic carbocycles. The fourth-order valence-electron chi connectivity index (χ4n) is 2.44. The Balaban J connectivity index is 1.92. The average Bonchev–Trinajstić information content (AvgIpc) is 2.97. The lowest BCUT2D eigenvalue weighted by molar-refractivity contribution is 0.0740. The van der Waals surface area contributed by atoms with Crippen LogP contribution in [-0.4, -0.2) is 49.4 Å². The first-order valence-electron chi connectivity index (χ1n) is 6.33. The molecule has 1 aliphatic rings. The minimum absolute atomic E-state index is 0.0655. The summed E-state index contributed by atoms with van der Waals surface area (Å²) >= 11 is 0. The fourth-order valence-corrected chi connectivity index (χ4v) is 2.44. The molecule has 1 aromatic heterocycles. The first-order chi connectivity index (χ1) is 8.60. The molecule has 1 aromatic rings. The number of hydrogen-bond donors (Lipinski definition) is 1. The van der Waals surface area contributed by atoms with Gasteiger partial charge in [-0.25, -0.2) is 0 Å². The molecule has 2 heterocycles. The van der Waals surface area contributed by atoms with Crippen molar-refractivity contribution in [2.45, 2.75) is 13.0 Å². The van der Waals surface area contributed by atoms with Crippen LogP contribution in [0, 0.1) is 5.92 Å². The molecule has 0 saturated carbocycles. The van der Waals surface area contributed by atoms with E-state index in [-0.39, 0.29) is 5.91 Å². The maximum absolute atomic E-state index is 12.1. The number of furan rings is 1. The molecule has 1 fully saturated rings. The number of rotatable bonds is 4. The quantitative estimate of drug-likeness (QED) is 0.858. The van der Waals surface area contributed by atoms with E-state index in [1.807, 2.05) is 7.05 Å². The van der Waals surface area contributed by atoms with Gasteiger partial charge in [-0.05, 0) is 38.1 Å². The third kappa shape index (κ3) is 2.91. The maximum Gasteiger partial charge on any atom is 0.289 e. The van der Waals surface area contributed by atoms with Crippen LogP contribution in [0.25, 0.3) is 0 Å². The van der Waals surface area contributed by atoms with Crippen molar-refractivity contribution in [1.29, 1.82) is 0 Å². The van der Waals surface area contributed by atoms with Crippen molar-refractivity contribution >= 4 is 5.91 Å². The van der Waals surface area contributed by atoms with Gasteiger partial charge in [-0.1, -0.05) is 0 Å². The highest BCUT2D eigenvalue weighted by Gasteiger charge is 2.24. The van der Waals surface area contributed by atoms with E-state index in [1.54, 1.807) is 17.0 Å². The Hall–Kier alpha value is -1.33. The zero-order valence-electron chi connectivity index (χ0n) is 11.1. The smallest absolute Gasteiger partial charge is 0.289 e. The van der Waals surface area contributed by atoms with Gasteiger partial charge >= 0.3 is 0 Å². The Morgan fingerprint density at radius 1 is 1.61 bits per heavy atom.